The van der Waals surface area contributed by atoms with Gasteiger partial charge in [0, 0.05) is 25.6 Å². The van der Waals surface area contributed by atoms with Crippen LogP contribution >= 0.6 is 0 Å². The number of halogens is 1. The zero-order valence-electron chi connectivity index (χ0n) is 13.8. The van der Waals surface area contributed by atoms with Crippen LogP contribution in [0.3, 0.4) is 0 Å². The van der Waals surface area contributed by atoms with Crippen LogP contribution < -0.4 is 10.6 Å². The number of anilines is 1. The topological polar surface area (TPSA) is 61.4 Å². The second-order valence-corrected chi connectivity index (χ2v) is 6.69. The number of hydrogen-bond acceptors (Lipinski definition) is 2. The summed E-state index contributed by atoms with van der Waals surface area (Å²) in [7, 11) is 0. The predicted octanol–water partition coefficient (Wildman–Crippen LogP) is 2.99. The molecule has 1 saturated heterocycles. The average molecular weight is 333 g/mol. The molecule has 3 amide bonds. The molecule has 130 valence electrons. The lowest BCUT2D eigenvalue weighted by atomic mass is 9.93. The minimum Gasteiger partial charge on any atom is -0.356 e. The predicted molar refractivity (Wildman–Crippen MR) is 90.1 cm³/mol. The van der Waals surface area contributed by atoms with Crippen molar-refractivity contribution >= 4 is 17.6 Å². The fraction of sp³-hybridized carbons (Fsp3) is 0.556. The molecule has 2 aliphatic rings. The Hall–Kier alpha value is -2.11. The van der Waals surface area contributed by atoms with Crippen LogP contribution in [0.25, 0.3) is 0 Å². The van der Waals surface area contributed by atoms with E-state index in [2.05, 4.69) is 10.6 Å². The Labute approximate surface area is 141 Å². The van der Waals surface area contributed by atoms with Gasteiger partial charge < -0.3 is 15.5 Å². The van der Waals surface area contributed by atoms with E-state index in [0.717, 1.165) is 38.6 Å². The number of rotatable bonds is 5. The van der Waals surface area contributed by atoms with Crippen molar-refractivity contribution in [1.29, 1.82) is 0 Å². The zero-order chi connectivity index (χ0) is 16.9. The molecule has 1 aliphatic carbocycles. The molecule has 2 fully saturated rings. The number of benzene rings is 1. The van der Waals surface area contributed by atoms with Gasteiger partial charge in [0.05, 0.1) is 5.69 Å². The van der Waals surface area contributed by atoms with Crippen LogP contribution in [0.15, 0.2) is 24.3 Å². The molecule has 2 N–H and O–H groups in total. The first-order valence-corrected chi connectivity index (χ1v) is 8.71. The van der Waals surface area contributed by atoms with Gasteiger partial charge in [-0.1, -0.05) is 12.1 Å². The first-order valence-electron chi connectivity index (χ1n) is 8.71. The smallest absolute Gasteiger partial charge is 0.321 e. The normalized spacial score (nSPS) is 18.3. The highest BCUT2D eigenvalue weighted by atomic mass is 19.1. The van der Waals surface area contributed by atoms with E-state index >= 15 is 0 Å². The molecule has 3 rings (SSSR count). The maximum Gasteiger partial charge on any atom is 0.321 e. The summed E-state index contributed by atoms with van der Waals surface area (Å²) in [5.74, 6) is 0.555. The van der Waals surface area contributed by atoms with Crippen LogP contribution in [0.1, 0.15) is 32.1 Å². The van der Waals surface area contributed by atoms with E-state index in [-0.39, 0.29) is 23.5 Å². The van der Waals surface area contributed by atoms with Crippen molar-refractivity contribution in [1.82, 2.24) is 10.2 Å². The number of nitrogens with zero attached hydrogens (tertiary/aromatic N) is 1. The van der Waals surface area contributed by atoms with Gasteiger partial charge in [-0.2, -0.15) is 0 Å². The van der Waals surface area contributed by atoms with Gasteiger partial charge in [0.25, 0.3) is 0 Å². The SMILES string of the molecule is O=C(NCCC1CCN(C(=O)Nc2ccccc2F)CC1)C1CC1. The van der Waals surface area contributed by atoms with E-state index in [4.69, 9.17) is 0 Å². The molecule has 0 unspecified atom stereocenters. The highest BCUT2D eigenvalue weighted by Gasteiger charge is 2.29. The second kappa shape index (κ2) is 7.64. The standard InChI is InChI=1S/C18H24FN3O2/c19-15-3-1-2-4-16(15)21-18(24)22-11-8-13(9-12-22)7-10-20-17(23)14-5-6-14/h1-4,13-14H,5-12H2,(H,20,23)(H,21,24). The van der Waals surface area contributed by atoms with E-state index in [0.29, 0.717) is 19.0 Å². The van der Waals surface area contributed by atoms with Gasteiger partial charge in [-0.15, -0.1) is 0 Å². The van der Waals surface area contributed by atoms with Gasteiger partial charge in [-0.3, -0.25) is 4.79 Å². The summed E-state index contributed by atoms with van der Waals surface area (Å²) in [5, 5.41) is 5.62. The van der Waals surface area contributed by atoms with Crippen LogP contribution in [-0.4, -0.2) is 36.5 Å². The number of amides is 3. The number of para-hydroxylation sites is 1. The van der Waals surface area contributed by atoms with Crippen LogP contribution in [-0.2, 0) is 4.79 Å². The van der Waals surface area contributed by atoms with Crippen LogP contribution in [0.4, 0.5) is 14.9 Å². The Morgan fingerprint density at radius 1 is 1.12 bits per heavy atom. The van der Waals surface area contributed by atoms with Gasteiger partial charge in [-0.05, 0) is 50.2 Å². The highest BCUT2D eigenvalue weighted by molar-refractivity contribution is 5.89. The number of hydrogen-bond donors (Lipinski definition) is 2. The summed E-state index contributed by atoms with van der Waals surface area (Å²) >= 11 is 0. The van der Waals surface area contributed by atoms with Crippen LogP contribution in [0.5, 0.6) is 0 Å². The molecule has 5 nitrogen and oxygen atoms in total. The molecule has 1 aromatic carbocycles. The Morgan fingerprint density at radius 3 is 2.50 bits per heavy atom. The molecule has 0 atom stereocenters. The van der Waals surface area contributed by atoms with Crippen molar-refractivity contribution in [3.63, 3.8) is 0 Å². The first kappa shape index (κ1) is 16.7. The van der Waals surface area contributed by atoms with Crippen molar-refractivity contribution < 1.29 is 14.0 Å². The molecule has 1 aromatic rings. The molecular formula is C18H24FN3O2. The van der Waals surface area contributed by atoms with E-state index in [9.17, 15) is 14.0 Å². The second-order valence-electron chi connectivity index (χ2n) is 6.69. The molecule has 0 spiro atoms. The fourth-order valence-corrected chi connectivity index (χ4v) is 3.07. The van der Waals surface area contributed by atoms with Crippen LogP contribution in [0, 0.1) is 17.7 Å². The number of nitrogens with one attached hydrogen (secondary N) is 2. The van der Waals surface area contributed by atoms with Gasteiger partial charge >= 0.3 is 6.03 Å². The van der Waals surface area contributed by atoms with Crippen molar-refractivity contribution in [3.05, 3.63) is 30.1 Å². The molecule has 1 heterocycles. The molecule has 6 heteroatoms. The molecular weight excluding hydrogens is 309 g/mol. The maximum atomic E-state index is 13.6. The minimum absolute atomic E-state index is 0.191. The summed E-state index contributed by atoms with van der Waals surface area (Å²) in [6.07, 6.45) is 4.86. The molecule has 24 heavy (non-hydrogen) atoms. The van der Waals surface area contributed by atoms with E-state index in [1.807, 2.05) is 0 Å². The van der Waals surface area contributed by atoms with Gasteiger partial charge in [-0.25, -0.2) is 9.18 Å². The maximum absolute atomic E-state index is 13.6. The number of likely N-dealkylation sites (tertiary alicyclic amines) is 1. The third kappa shape index (κ3) is 4.46. The first-order chi connectivity index (χ1) is 11.6. The van der Waals surface area contributed by atoms with Crippen molar-refractivity contribution in [2.75, 3.05) is 25.0 Å². The Bertz CT molecular complexity index is 596. The average Bonchev–Trinajstić information content (AvgIpc) is 3.42. The lowest BCUT2D eigenvalue weighted by molar-refractivity contribution is -0.122. The summed E-state index contributed by atoms with van der Waals surface area (Å²) < 4.78 is 13.6. The van der Waals surface area contributed by atoms with Crippen molar-refractivity contribution in [2.45, 2.75) is 32.1 Å². The largest absolute Gasteiger partial charge is 0.356 e. The molecule has 0 bridgehead atoms. The summed E-state index contributed by atoms with van der Waals surface area (Å²) in [5.41, 5.74) is 0.215. The number of piperidine rings is 1. The highest BCUT2D eigenvalue weighted by Crippen LogP contribution is 2.29. The fourth-order valence-electron chi connectivity index (χ4n) is 3.07. The van der Waals surface area contributed by atoms with Crippen molar-refractivity contribution in [3.8, 4) is 0 Å². The number of carbonyl (C=O) groups is 2. The lowest BCUT2D eigenvalue weighted by Gasteiger charge is -2.32. The third-order valence-corrected chi connectivity index (χ3v) is 4.82. The van der Waals surface area contributed by atoms with E-state index in [1.165, 1.54) is 6.07 Å². The molecule has 0 radical (unpaired) electrons. The van der Waals surface area contributed by atoms with Crippen molar-refractivity contribution in [2.24, 2.45) is 11.8 Å². The number of urea groups is 1. The minimum atomic E-state index is -0.424. The summed E-state index contributed by atoms with van der Waals surface area (Å²) in [4.78, 5) is 25.5. The van der Waals surface area contributed by atoms with Gasteiger partial charge in [0.2, 0.25) is 5.91 Å². The zero-order valence-corrected chi connectivity index (χ0v) is 13.8. The third-order valence-electron chi connectivity index (χ3n) is 4.82. The molecule has 1 aliphatic heterocycles. The van der Waals surface area contributed by atoms with E-state index < -0.39 is 5.82 Å². The summed E-state index contributed by atoms with van der Waals surface area (Å²) in [6, 6.07) is 5.93. The van der Waals surface area contributed by atoms with Crippen LogP contribution in [0.2, 0.25) is 0 Å². The molecule has 1 saturated carbocycles. The number of carbonyl (C=O) groups excluding carboxylic acids is 2. The Balaban J connectivity index is 1.37. The van der Waals surface area contributed by atoms with Gasteiger partial charge in [0.1, 0.15) is 5.82 Å². The quantitative estimate of drug-likeness (QED) is 0.870. The monoisotopic (exact) mass is 333 g/mol. The van der Waals surface area contributed by atoms with Gasteiger partial charge in [0.15, 0.2) is 0 Å². The Morgan fingerprint density at radius 2 is 1.83 bits per heavy atom. The Kier molecular flexibility index (Phi) is 5.33. The lowest BCUT2D eigenvalue weighted by Crippen LogP contribution is -2.41. The molecule has 0 aromatic heterocycles. The summed E-state index contributed by atoms with van der Waals surface area (Å²) in [6.45, 7) is 2.06. The van der Waals surface area contributed by atoms with E-state index in [1.54, 1.807) is 23.1 Å².